The molecule has 1 rings (SSSR count). The average Bonchev–Trinajstić information content (AvgIpc) is 2.50. The van der Waals surface area contributed by atoms with E-state index in [0.29, 0.717) is 25.1 Å². The number of carbonyl (C=O) groups is 1. The fourth-order valence-electron chi connectivity index (χ4n) is 2.77. The standard InChI is InChI=1S/C20H33NO3/c1-15-13-16(19(24)17(14-15)20(2,3)4)9-10-18(23)21-11-7-5-6-8-12-22/h13-14,22,24H,5-12H2,1-4H3,(H,21,23). The summed E-state index contributed by atoms with van der Waals surface area (Å²) in [5.41, 5.74) is 2.76. The van der Waals surface area contributed by atoms with Crippen LogP contribution in [0.15, 0.2) is 12.1 Å². The lowest BCUT2D eigenvalue weighted by Gasteiger charge is -2.23. The van der Waals surface area contributed by atoms with Crippen molar-refractivity contribution in [3.8, 4) is 5.75 Å². The van der Waals surface area contributed by atoms with Gasteiger partial charge in [0, 0.05) is 19.6 Å². The van der Waals surface area contributed by atoms with E-state index in [4.69, 9.17) is 5.11 Å². The summed E-state index contributed by atoms with van der Waals surface area (Å²) in [5.74, 6) is 0.347. The van der Waals surface area contributed by atoms with Crippen molar-refractivity contribution in [3.63, 3.8) is 0 Å². The van der Waals surface area contributed by atoms with Crippen LogP contribution in [0.25, 0.3) is 0 Å². The van der Waals surface area contributed by atoms with Crippen LogP contribution in [0.3, 0.4) is 0 Å². The fraction of sp³-hybridized carbons (Fsp3) is 0.650. The minimum Gasteiger partial charge on any atom is -0.507 e. The van der Waals surface area contributed by atoms with Crippen molar-refractivity contribution in [3.05, 3.63) is 28.8 Å². The molecule has 0 heterocycles. The lowest BCUT2D eigenvalue weighted by atomic mass is 9.83. The lowest BCUT2D eigenvalue weighted by molar-refractivity contribution is -0.121. The van der Waals surface area contributed by atoms with Crippen LogP contribution in [0.4, 0.5) is 0 Å². The first-order chi connectivity index (χ1) is 11.3. The Labute approximate surface area is 146 Å². The highest BCUT2D eigenvalue weighted by Crippen LogP contribution is 2.34. The van der Waals surface area contributed by atoms with E-state index in [2.05, 4.69) is 26.1 Å². The molecule has 4 heteroatoms. The van der Waals surface area contributed by atoms with Crippen molar-refractivity contribution < 1.29 is 15.0 Å². The minimum atomic E-state index is -0.123. The molecular weight excluding hydrogens is 302 g/mol. The van der Waals surface area contributed by atoms with Gasteiger partial charge in [0.05, 0.1) is 0 Å². The van der Waals surface area contributed by atoms with E-state index in [1.807, 2.05) is 19.1 Å². The van der Waals surface area contributed by atoms with Crippen LogP contribution in [-0.2, 0) is 16.6 Å². The Kier molecular flexibility index (Phi) is 8.26. The normalized spacial score (nSPS) is 11.5. The molecule has 0 aliphatic rings. The van der Waals surface area contributed by atoms with E-state index in [0.717, 1.165) is 42.4 Å². The van der Waals surface area contributed by atoms with Gasteiger partial charge in [-0.25, -0.2) is 0 Å². The molecule has 3 N–H and O–H groups in total. The smallest absolute Gasteiger partial charge is 0.220 e. The number of aliphatic hydroxyl groups is 1. The van der Waals surface area contributed by atoms with Gasteiger partial charge in [0.2, 0.25) is 5.91 Å². The summed E-state index contributed by atoms with van der Waals surface area (Å²) >= 11 is 0. The van der Waals surface area contributed by atoms with E-state index in [-0.39, 0.29) is 17.9 Å². The van der Waals surface area contributed by atoms with Crippen LogP contribution in [-0.4, -0.2) is 29.3 Å². The molecule has 1 aromatic rings. The molecule has 24 heavy (non-hydrogen) atoms. The summed E-state index contributed by atoms with van der Waals surface area (Å²) < 4.78 is 0. The van der Waals surface area contributed by atoms with Gasteiger partial charge in [-0.2, -0.15) is 0 Å². The van der Waals surface area contributed by atoms with Crippen LogP contribution >= 0.6 is 0 Å². The number of benzene rings is 1. The molecule has 136 valence electrons. The third-order valence-electron chi connectivity index (χ3n) is 4.17. The first kappa shape index (κ1) is 20.5. The molecule has 0 aliphatic carbocycles. The molecule has 0 radical (unpaired) electrons. The van der Waals surface area contributed by atoms with Crippen molar-refractivity contribution in [2.45, 2.75) is 71.6 Å². The van der Waals surface area contributed by atoms with Crippen LogP contribution in [0.5, 0.6) is 5.75 Å². The Morgan fingerprint density at radius 3 is 2.42 bits per heavy atom. The lowest BCUT2D eigenvalue weighted by Crippen LogP contribution is -2.24. The van der Waals surface area contributed by atoms with Crippen LogP contribution in [0.1, 0.15) is 69.6 Å². The summed E-state index contributed by atoms with van der Waals surface area (Å²) in [6, 6.07) is 3.98. The number of aliphatic hydroxyl groups excluding tert-OH is 1. The number of amides is 1. The van der Waals surface area contributed by atoms with Crippen molar-refractivity contribution in [1.82, 2.24) is 5.32 Å². The Bertz CT molecular complexity index is 532. The summed E-state index contributed by atoms with van der Waals surface area (Å²) in [7, 11) is 0. The number of rotatable bonds is 9. The largest absolute Gasteiger partial charge is 0.507 e. The molecule has 0 saturated carbocycles. The van der Waals surface area contributed by atoms with E-state index in [1.54, 1.807) is 0 Å². The molecule has 0 aliphatic heterocycles. The van der Waals surface area contributed by atoms with Crippen molar-refractivity contribution in [1.29, 1.82) is 0 Å². The molecule has 1 amide bonds. The van der Waals surface area contributed by atoms with Gasteiger partial charge < -0.3 is 15.5 Å². The van der Waals surface area contributed by atoms with E-state index in [1.165, 1.54) is 0 Å². The number of aromatic hydroxyl groups is 1. The number of phenols is 1. The van der Waals surface area contributed by atoms with Gasteiger partial charge in [-0.15, -0.1) is 0 Å². The topological polar surface area (TPSA) is 69.6 Å². The fourth-order valence-corrected chi connectivity index (χ4v) is 2.77. The third-order valence-corrected chi connectivity index (χ3v) is 4.17. The summed E-state index contributed by atoms with van der Waals surface area (Å²) in [6.45, 7) is 9.17. The molecule has 0 bridgehead atoms. The van der Waals surface area contributed by atoms with E-state index in [9.17, 15) is 9.90 Å². The van der Waals surface area contributed by atoms with Gasteiger partial charge >= 0.3 is 0 Å². The van der Waals surface area contributed by atoms with Gasteiger partial charge in [0.1, 0.15) is 5.75 Å². The number of unbranched alkanes of at least 4 members (excludes halogenated alkanes) is 3. The van der Waals surface area contributed by atoms with Crippen molar-refractivity contribution in [2.75, 3.05) is 13.2 Å². The maximum Gasteiger partial charge on any atom is 0.220 e. The highest BCUT2D eigenvalue weighted by Gasteiger charge is 2.20. The van der Waals surface area contributed by atoms with Gasteiger partial charge in [-0.3, -0.25) is 4.79 Å². The zero-order valence-corrected chi connectivity index (χ0v) is 15.6. The first-order valence-corrected chi connectivity index (χ1v) is 8.96. The Morgan fingerprint density at radius 1 is 1.12 bits per heavy atom. The van der Waals surface area contributed by atoms with Crippen LogP contribution in [0, 0.1) is 6.92 Å². The molecule has 0 aromatic heterocycles. The Morgan fingerprint density at radius 2 is 1.79 bits per heavy atom. The Hall–Kier alpha value is -1.55. The highest BCUT2D eigenvalue weighted by molar-refractivity contribution is 5.76. The number of nitrogens with one attached hydrogen (secondary N) is 1. The second kappa shape index (κ2) is 9.67. The molecule has 0 fully saturated rings. The molecule has 0 spiro atoms. The third kappa shape index (κ3) is 6.91. The average molecular weight is 335 g/mol. The maximum atomic E-state index is 12.0. The molecule has 4 nitrogen and oxygen atoms in total. The number of hydrogen-bond acceptors (Lipinski definition) is 3. The monoisotopic (exact) mass is 335 g/mol. The minimum absolute atomic E-state index is 0.0235. The second-order valence-corrected chi connectivity index (χ2v) is 7.56. The number of carbonyl (C=O) groups excluding carboxylic acids is 1. The van der Waals surface area contributed by atoms with Crippen molar-refractivity contribution >= 4 is 5.91 Å². The van der Waals surface area contributed by atoms with Gasteiger partial charge in [-0.1, -0.05) is 51.3 Å². The molecule has 0 saturated heterocycles. The second-order valence-electron chi connectivity index (χ2n) is 7.56. The van der Waals surface area contributed by atoms with Gasteiger partial charge in [-0.05, 0) is 42.7 Å². The van der Waals surface area contributed by atoms with Gasteiger partial charge in [0.15, 0.2) is 0 Å². The summed E-state index contributed by atoms with van der Waals surface area (Å²) in [4.78, 5) is 12.0. The molecule has 0 unspecified atom stereocenters. The zero-order chi connectivity index (χ0) is 18.2. The SMILES string of the molecule is Cc1cc(CCC(=O)NCCCCCCO)c(O)c(C(C)(C)C)c1. The predicted octanol–water partition coefficient (Wildman–Crippen LogP) is 3.60. The van der Waals surface area contributed by atoms with E-state index >= 15 is 0 Å². The predicted molar refractivity (Wildman–Crippen MR) is 98.4 cm³/mol. The maximum absolute atomic E-state index is 12.0. The first-order valence-electron chi connectivity index (χ1n) is 8.96. The summed E-state index contributed by atoms with van der Waals surface area (Å²) in [5, 5.41) is 22.1. The molecule has 0 atom stereocenters. The Balaban J connectivity index is 2.50. The van der Waals surface area contributed by atoms with Crippen molar-refractivity contribution in [2.24, 2.45) is 0 Å². The quantitative estimate of drug-likeness (QED) is 0.604. The number of hydrogen-bond donors (Lipinski definition) is 3. The summed E-state index contributed by atoms with van der Waals surface area (Å²) in [6.07, 6.45) is 4.73. The van der Waals surface area contributed by atoms with E-state index < -0.39 is 0 Å². The number of phenolic OH excluding ortho intramolecular Hbond substituents is 1. The van der Waals surface area contributed by atoms with Gasteiger partial charge in [0.25, 0.3) is 0 Å². The zero-order valence-electron chi connectivity index (χ0n) is 15.6. The molecule has 1 aromatic carbocycles. The number of aryl methyl sites for hydroxylation is 2. The highest BCUT2D eigenvalue weighted by atomic mass is 16.3. The van der Waals surface area contributed by atoms with Crippen LogP contribution in [0.2, 0.25) is 0 Å². The van der Waals surface area contributed by atoms with Crippen LogP contribution < -0.4 is 5.32 Å². The molecular formula is C20H33NO3.